The van der Waals surface area contributed by atoms with Crippen molar-refractivity contribution in [3.05, 3.63) is 34.9 Å². The van der Waals surface area contributed by atoms with E-state index in [1.54, 1.807) is 39.0 Å². The number of carbonyl (C=O) groups is 2. The molecule has 0 unspecified atom stereocenters. The predicted octanol–water partition coefficient (Wildman–Crippen LogP) is 3.78. The van der Waals surface area contributed by atoms with Crippen LogP contribution in [0.15, 0.2) is 24.3 Å². The number of rotatable bonds is 3. The van der Waals surface area contributed by atoms with Gasteiger partial charge in [-0.3, -0.25) is 5.32 Å². The molecule has 5 nitrogen and oxygen atoms in total. The molecular weight excluding hydrogens is 282 g/mol. The number of benzene rings is 1. The maximum Gasteiger partial charge on any atom is 0.412 e. The van der Waals surface area contributed by atoms with E-state index in [0.29, 0.717) is 16.3 Å². The van der Waals surface area contributed by atoms with E-state index in [4.69, 9.17) is 21.4 Å². The number of hydrogen-bond donors (Lipinski definition) is 2. The van der Waals surface area contributed by atoms with Crippen molar-refractivity contribution >= 4 is 35.4 Å². The Kier molecular flexibility index (Phi) is 5.16. The number of carboxylic acids is 1. The van der Waals surface area contributed by atoms with Crippen molar-refractivity contribution in [1.29, 1.82) is 0 Å². The van der Waals surface area contributed by atoms with E-state index in [2.05, 4.69) is 5.32 Å². The normalized spacial score (nSPS) is 11.4. The van der Waals surface area contributed by atoms with E-state index in [9.17, 15) is 9.59 Å². The lowest BCUT2D eigenvalue weighted by Crippen LogP contribution is -2.27. The van der Waals surface area contributed by atoms with Gasteiger partial charge in [-0.15, -0.1) is 0 Å². The van der Waals surface area contributed by atoms with Gasteiger partial charge in [-0.25, -0.2) is 9.59 Å². The maximum atomic E-state index is 11.7. The first kappa shape index (κ1) is 16.0. The Hall–Kier alpha value is -2.01. The zero-order valence-electron chi connectivity index (χ0n) is 11.4. The standard InChI is InChI=1S/C14H16ClNO4/c1-14(2,3)20-13(19)16-12-9(7-8-11(17)18)5-4-6-10(12)15/h4-8H,1-3H3,(H,16,19)(H,17,18). The van der Waals surface area contributed by atoms with E-state index in [-0.39, 0.29) is 0 Å². The van der Waals surface area contributed by atoms with Crippen molar-refractivity contribution in [1.82, 2.24) is 0 Å². The summed E-state index contributed by atoms with van der Waals surface area (Å²) in [6, 6.07) is 4.88. The highest BCUT2D eigenvalue weighted by atomic mass is 35.5. The van der Waals surface area contributed by atoms with Gasteiger partial charge < -0.3 is 9.84 Å². The lowest BCUT2D eigenvalue weighted by molar-refractivity contribution is -0.131. The fourth-order valence-electron chi connectivity index (χ4n) is 1.38. The summed E-state index contributed by atoms with van der Waals surface area (Å²) in [6.07, 6.45) is 1.66. The van der Waals surface area contributed by atoms with Gasteiger partial charge in [0.1, 0.15) is 5.60 Å². The first-order valence-electron chi connectivity index (χ1n) is 5.88. The quantitative estimate of drug-likeness (QED) is 0.832. The largest absolute Gasteiger partial charge is 0.478 e. The monoisotopic (exact) mass is 297 g/mol. The van der Waals surface area contributed by atoms with Crippen LogP contribution in [-0.2, 0) is 9.53 Å². The second kappa shape index (κ2) is 6.43. The first-order valence-corrected chi connectivity index (χ1v) is 6.26. The van der Waals surface area contributed by atoms with Crippen LogP contribution in [0.1, 0.15) is 26.3 Å². The number of carbonyl (C=O) groups excluding carboxylic acids is 1. The minimum absolute atomic E-state index is 0.295. The molecule has 0 aliphatic rings. The van der Waals surface area contributed by atoms with Gasteiger partial charge in [0.15, 0.2) is 0 Å². The van der Waals surface area contributed by atoms with Gasteiger partial charge in [0, 0.05) is 6.08 Å². The summed E-state index contributed by atoms with van der Waals surface area (Å²) in [5.41, 5.74) is 0.147. The van der Waals surface area contributed by atoms with Crippen molar-refractivity contribution < 1.29 is 19.4 Å². The van der Waals surface area contributed by atoms with Crippen LogP contribution >= 0.6 is 11.6 Å². The smallest absolute Gasteiger partial charge is 0.412 e. The fourth-order valence-corrected chi connectivity index (χ4v) is 1.61. The number of ether oxygens (including phenoxy) is 1. The fraction of sp³-hybridized carbons (Fsp3) is 0.286. The third-order valence-corrected chi connectivity index (χ3v) is 2.39. The van der Waals surface area contributed by atoms with Crippen LogP contribution in [0.25, 0.3) is 6.08 Å². The SMILES string of the molecule is CC(C)(C)OC(=O)Nc1c(Cl)cccc1C=CC(=O)O. The molecule has 2 N–H and O–H groups in total. The average Bonchev–Trinajstić information content (AvgIpc) is 2.27. The molecule has 0 atom stereocenters. The molecule has 0 aliphatic carbocycles. The zero-order chi connectivity index (χ0) is 15.3. The molecule has 1 amide bonds. The van der Waals surface area contributed by atoms with E-state index < -0.39 is 17.7 Å². The molecule has 20 heavy (non-hydrogen) atoms. The van der Waals surface area contributed by atoms with Gasteiger partial charge in [-0.05, 0) is 38.5 Å². The highest BCUT2D eigenvalue weighted by Crippen LogP contribution is 2.27. The third kappa shape index (κ3) is 5.32. The Labute approximate surface area is 122 Å². The Morgan fingerprint density at radius 3 is 2.55 bits per heavy atom. The number of carboxylic acid groups (broad SMARTS) is 1. The van der Waals surface area contributed by atoms with Gasteiger partial charge in [-0.1, -0.05) is 23.7 Å². The third-order valence-electron chi connectivity index (χ3n) is 2.08. The van der Waals surface area contributed by atoms with Crippen LogP contribution in [0.3, 0.4) is 0 Å². The summed E-state index contributed by atoms with van der Waals surface area (Å²) >= 11 is 6.01. The number of nitrogens with one attached hydrogen (secondary N) is 1. The molecule has 0 radical (unpaired) electrons. The molecule has 0 saturated carbocycles. The van der Waals surface area contributed by atoms with Crippen molar-refractivity contribution in [2.45, 2.75) is 26.4 Å². The molecular formula is C14H16ClNO4. The topological polar surface area (TPSA) is 75.6 Å². The molecule has 0 aliphatic heterocycles. The summed E-state index contributed by atoms with van der Waals surface area (Å²) < 4.78 is 5.13. The van der Waals surface area contributed by atoms with Crippen LogP contribution in [0, 0.1) is 0 Å². The van der Waals surface area contributed by atoms with E-state index in [0.717, 1.165) is 6.08 Å². The van der Waals surface area contributed by atoms with Crippen molar-refractivity contribution in [2.75, 3.05) is 5.32 Å². The molecule has 6 heteroatoms. The number of hydrogen-bond acceptors (Lipinski definition) is 3. The number of amides is 1. The number of aliphatic carboxylic acids is 1. The highest BCUT2D eigenvalue weighted by molar-refractivity contribution is 6.34. The zero-order valence-corrected chi connectivity index (χ0v) is 12.2. The summed E-state index contributed by atoms with van der Waals surface area (Å²) in [7, 11) is 0. The van der Waals surface area contributed by atoms with Gasteiger partial charge >= 0.3 is 12.1 Å². The number of para-hydroxylation sites is 1. The Bertz CT molecular complexity index is 547. The van der Waals surface area contributed by atoms with Gasteiger partial charge in [0.05, 0.1) is 10.7 Å². The summed E-state index contributed by atoms with van der Waals surface area (Å²) in [5, 5.41) is 11.5. The summed E-state index contributed by atoms with van der Waals surface area (Å²) in [4.78, 5) is 22.3. The molecule has 1 rings (SSSR count). The van der Waals surface area contributed by atoms with Gasteiger partial charge in [0.2, 0.25) is 0 Å². The summed E-state index contributed by atoms with van der Waals surface area (Å²) in [6.45, 7) is 5.22. The predicted molar refractivity (Wildman–Crippen MR) is 78.0 cm³/mol. The van der Waals surface area contributed by atoms with Crippen LogP contribution in [0.5, 0.6) is 0 Å². The molecule has 0 spiro atoms. The van der Waals surface area contributed by atoms with Crippen LogP contribution in [0.4, 0.5) is 10.5 Å². The van der Waals surface area contributed by atoms with Crippen molar-refractivity contribution in [2.24, 2.45) is 0 Å². The lowest BCUT2D eigenvalue weighted by atomic mass is 10.1. The molecule has 0 bridgehead atoms. The van der Waals surface area contributed by atoms with E-state index in [1.165, 1.54) is 6.08 Å². The second-order valence-electron chi connectivity index (χ2n) is 5.00. The van der Waals surface area contributed by atoms with E-state index in [1.807, 2.05) is 0 Å². The highest BCUT2D eigenvalue weighted by Gasteiger charge is 2.18. The minimum atomic E-state index is -1.09. The molecule has 108 valence electrons. The molecule has 0 heterocycles. The number of halogens is 1. The van der Waals surface area contributed by atoms with E-state index >= 15 is 0 Å². The van der Waals surface area contributed by atoms with Crippen LogP contribution in [0.2, 0.25) is 5.02 Å². The average molecular weight is 298 g/mol. The Balaban J connectivity index is 2.99. The van der Waals surface area contributed by atoms with Crippen molar-refractivity contribution in [3.63, 3.8) is 0 Å². The van der Waals surface area contributed by atoms with Gasteiger partial charge in [-0.2, -0.15) is 0 Å². The van der Waals surface area contributed by atoms with Crippen LogP contribution < -0.4 is 5.32 Å². The lowest BCUT2D eigenvalue weighted by Gasteiger charge is -2.20. The van der Waals surface area contributed by atoms with Gasteiger partial charge in [0.25, 0.3) is 0 Å². The molecule has 0 fully saturated rings. The molecule has 0 saturated heterocycles. The first-order chi connectivity index (χ1) is 9.19. The Morgan fingerprint density at radius 1 is 1.35 bits per heavy atom. The number of anilines is 1. The minimum Gasteiger partial charge on any atom is -0.478 e. The second-order valence-corrected chi connectivity index (χ2v) is 5.41. The molecule has 0 aromatic heterocycles. The Morgan fingerprint density at radius 2 is 2.00 bits per heavy atom. The summed E-state index contributed by atoms with van der Waals surface area (Å²) in [5.74, 6) is -1.09. The molecule has 1 aromatic carbocycles. The maximum absolute atomic E-state index is 11.7. The van der Waals surface area contributed by atoms with Crippen LogP contribution in [-0.4, -0.2) is 22.8 Å². The molecule has 1 aromatic rings. The van der Waals surface area contributed by atoms with Crippen molar-refractivity contribution in [3.8, 4) is 0 Å².